The molecule has 0 unspecified atom stereocenters. The minimum atomic E-state index is -4.40. The highest BCUT2D eigenvalue weighted by Crippen LogP contribution is 2.29. The van der Waals surface area contributed by atoms with Gasteiger partial charge >= 0.3 is 6.18 Å². The van der Waals surface area contributed by atoms with Crippen LogP contribution in [0.4, 0.5) is 18.9 Å². The molecule has 0 heterocycles. The van der Waals surface area contributed by atoms with E-state index in [1.165, 1.54) is 12.1 Å². The Morgan fingerprint density at radius 2 is 1.64 bits per heavy atom. The number of nitrogens with one attached hydrogen (secondary N) is 2. The van der Waals surface area contributed by atoms with E-state index in [0.717, 1.165) is 22.9 Å². The van der Waals surface area contributed by atoms with Crippen LogP contribution in [0.15, 0.2) is 66.7 Å². The van der Waals surface area contributed by atoms with E-state index in [1.54, 1.807) is 6.07 Å². The molecule has 174 valence electrons. The highest BCUT2D eigenvalue weighted by atomic mass is 19.4. The molecule has 5 nitrogen and oxygen atoms in total. The molecular weight excluding hydrogens is 431 g/mol. The molecule has 2 amide bonds. The standard InChI is InChI=1S/C25H26F3N3O2/c26-25(27,28)20-11-7-17(8-12-20)9-14-23(32)31-22(6-3-15-29)24(33)30-21-13-10-18-4-1-2-5-19(18)16-21/h1-2,4-5,7-8,10-13,16,22H,3,6,9,14-15,29H2,(H,30,33)(H,31,32)/t22-/m0/s1. The summed E-state index contributed by atoms with van der Waals surface area (Å²) in [7, 11) is 0. The predicted molar refractivity (Wildman–Crippen MR) is 123 cm³/mol. The molecule has 3 rings (SSSR count). The van der Waals surface area contributed by atoms with Crippen LogP contribution in [0.2, 0.25) is 0 Å². The molecule has 0 radical (unpaired) electrons. The third kappa shape index (κ3) is 7.05. The van der Waals surface area contributed by atoms with Crippen LogP contribution < -0.4 is 16.4 Å². The fourth-order valence-electron chi connectivity index (χ4n) is 3.47. The van der Waals surface area contributed by atoms with Crippen molar-refractivity contribution < 1.29 is 22.8 Å². The van der Waals surface area contributed by atoms with Gasteiger partial charge in [-0.1, -0.05) is 42.5 Å². The number of benzene rings is 3. The SMILES string of the molecule is NCCC[C@H](NC(=O)CCc1ccc(C(F)(F)F)cc1)C(=O)Nc1ccc2ccccc2c1. The second kappa shape index (κ2) is 11.0. The normalized spacial score (nSPS) is 12.4. The average molecular weight is 457 g/mol. The molecule has 8 heteroatoms. The number of hydrogen-bond acceptors (Lipinski definition) is 3. The van der Waals surface area contributed by atoms with Gasteiger partial charge in [0, 0.05) is 12.1 Å². The predicted octanol–water partition coefficient (Wildman–Crippen LogP) is 4.65. The Bertz CT molecular complexity index is 1100. The zero-order valence-corrected chi connectivity index (χ0v) is 18.0. The number of nitrogens with two attached hydrogens (primary N) is 1. The van der Waals surface area contributed by atoms with Crippen LogP contribution in [-0.4, -0.2) is 24.4 Å². The number of fused-ring (bicyclic) bond motifs is 1. The minimum absolute atomic E-state index is 0.0493. The zero-order valence-electron chi connectivity index (χ0n) is 18.0. The smallest absolute Gasteiger partial charge is 0.344 e. The van der Waals surface area contributed by atoms with E-state index < -0.39 is 17.8 Å². The van der Waals surface area contributed by atoms with Crippen LogP contribution in [-0.2, 0) is 22.2 Å². The van der Waals surface area contributed by atoms with Gasteiger partial charge in [-0.25, -0.2) is 0 Å². The summed E-state index contributed by atoms with van der Waals surface area (Å²) in [6.07, 6.45) is -3.16. The maximum atomic E-state index is 12.8. The van der Waals surface area contributed by atoms with Gasteiger partial charge in [-0.2, -0.15) is 13.2 Å². The number of anilines is 1. The van der Waals surface area contributed by atoms with Gasteiger partial charge in [-0.05, 0) is 66.4 Å². The van der Waals surface area contributed by atoms with E-state index in [9.17, 15) is 22.8 Å². The number of alkyl halides is 3. The maximum Gasteiger partial charge on any atom is 0.416 e. The molecule has 33 heavy (non-hydrogen) atoms. The van der Waals surface area contributed by atoms with Crippen molar-refractivity contribution >= 4 is 28.3 Å². The summed E-state index contributed by atoms with van der Waals surface area (Å²) in [4.78, 5) is 25.3. The Kier molecular flexibility index (Phi) is 8.06. The second-order valence-corrected chi connectivity index (χ2v) is 7.80. The highest BCUT2D eigenvalue weighted by Gasteiger charge is 2.30. The van der Waals surface area contributed by atoms with Crippen molar-refractivity contribution in [2.75, 3.05) is 11.9 Å². The number of halogens is 3. The molecule has 0 aliphatic carbocycles. The zero-order chi connectivity index (χ0) is 23.8. The quantitative estimate of drug-likeness (QED) is 0.437. The third-order valence-electron chi connectivity index (χ3n) is 5.29. The summed E-state index contributed by atoms with van der Waals surface area (Å²) in [5, 5.41) is 7.60. The summed E-state index contributed by atoms with van der Waals surface area (Å²) >= 11 is 0. The summed E-state index contributed by atoms with van der Waals surface area (Å²) < 4.78 is 38.0. The fraction of sp³-hybridized carbons (Fsp3) is 0.280. The number of rotatable bonds is 9. The number of carbonyl (C=O) groups is 2. The first-order valence-electron chi connectivity index (χ1n) is 10.7. The van der Waals surface area contributed by atoms with Crippen LogP contribution in [0.3, 0.4) is 0 Å². The molecule has 0 aliphatic heterocycles. The third-order valence-corrected chi connectivity index (χ3v) is 5.29. The molecule has 0 aromatic heterocycles. The van der Waals surface area contributed by atoms with E-state index in [4.69, 9.17) is 5.73 Å². The van der Waals surface area contributed by atoms with Crippen LogP contribution in [0.1, 0.15) is 30.4 Å². The van der Waals surface area contributed by atoms with Gasteiger partial charge in [-0.15, -0.1) is 0 Å². The number of carbonyl (C=O) groups excluding carboxylic acids is 2. The molecular formula is C25H26F3N3O2. The van der Waals surface area contributed by atoms with Gasteiger partial charge in [-0.3, -0.25) is 9.59 Å². The van der Waals surface area contributed by atoms with Crippen molar-refractivity contribution in [3.8, 4) is 0 Å². The van der Waals surface area contributed by atoms with Gasteiger partial charge in [0.15, 0.2) is 0 Å². The van der Waals surface area contributed by atoms with Gasteiger partial charge in [0.25, 0.3) is 0 Å². The van der Waals surface area contributed by atoms with Gasteiger partial charge < -0.3 is 16.4 Å². The topological polar surface area (TPSA) is 84.2 Å². The van der Waals surface area contributed by atoms with Crippen LogP contribution >= 0.6 is 0 Å². The fourth-order valence-corrected chi connectivity index (χ4v) is 3.47. The van der Waals surface area contributed by atoms with E-state index >= 15 is 0 Å². The lowest BCUT2D eigenvalue weighted by Gasteiger charge is -2.18. The summed E-state index contributed by atoms with van der Waals surface area (Å²) in [6, 6.07) is 17.3. The van der Waals surface area contributed by atoms with Crippen molar-refractivity contribution in [2.24, 2.45) is 5.73 Å². The molecule has 0 fully saturated rings. The first-order chi connectivity index (χ1) is 15.8. The minimum Gasteiger partial charge on any atom is -0.344 e. The Morgan fingerprint density at radius 3 is 2.30 bits per heavy atom. The lowest BCUT2D eigenvalue weighted by Crippen LogP contribution is -2.44. The lowest BCUT2D eigenvalue weighted by atomic mass is 10.1. The van der Waals surface area contributed by atoms with Crippen LogP contribution in [0.25, 0.3) is 10.8 Å². The largest absolute Gasteiger partial charge is 0.416 e. The Labute approximate surface area is 190 Å². The highest BCUT2D eigenvalue weighted by molar-refractivity contribution is 5.99. The van der Waals surface area contributed by atoms with Crippen molar-refractivity contribution in [1.29, 1.82) is 0 Å². The van der Waals surface area contributed by atoms with Crippen LogP contribution in [0.5, 0.6) is 0 Å². The van der Waals surface area contributed by atoms with Gasteiger partial charge in [0.2, 0.25) is 11.8 Å². The molecule has 3 aromatic rings. The first kappa shape index (κ1) is 24.3. The molecule has 0 bridgehead atoms. The van der Waals surface area contributed by atoms with Gasteiger partial charge in [0.1, 0.15) is 6.04 Å². The molecule has 0 aliphatic rings. The Balaban J connectivity index is 1.59. The number of amides is 2. The summed E-state index contributed by atoms with van der Waals surface area (Å²) in [5.41, 5.74) is 6.07. The Morgan fingerprint density at radius 1 is 0.939 bits per heavy atom. The molecule has 1 atom stereocenters. The Hall–Kier alpha value is -3.39. The van der Waals surface area contributed by atoms with Crippen molar-refractivity contribution in [2.45, 2.75) is 37.9 Å². The van der Waals surface area contributed by atoms with Crippen molar-refractivity contribution in [1.82, 2.24) is 5.32 Å². The van der Waals surface area contributed by atoms with Crippen molar-refractivity contribution in [3.05, 3.63) is 77.9 Å². The molecule has 0 saturated heterocycles. The maximum absolute atomic E-state index is 12.8. The van der Waals surface area contributed by atoms with E-state index in [2.05, 4.69) is 10.6 Å². The van der Waals surface area contributed by atoms with Crippen molar-refractivity contribution in [3.63, 3.8) is 0 Å². The lowest BCUT2D eigenvalue weighted by molar-refractivity contribution is -0.137. The number of aryl methyl sites for hydroxylation is 1. The summed E-state index contributed by atoms with van der Waals surface area (Å²) in [5.74, 6) is -0.702. The van der Waals surface area contributed by atoms with Gasteiger partial charge in [0.05, 0.1) is 5.56 Å². The summed E-state index contributed by atoms with van der Waals surface area (Å²) in [6.45, 7) is 0.376. The monoisotopic (exact) mass is 457 g/mol. The second-order valence-electron chi connectivity index (χ2n) is 7.80. The van der Waals surface area contributed by atoms with E-state index in [-0.39, 0.29) is 24.7 Å². The molecule has 0 saturated carbocycles. The first-order valence-corrected chi connectivity index (χ1v) is 10.7. The van der Waals surface area contributed by atoms with E-state index in [1.807, 2.05) is 36.4 Å². The van der Waals surface area contributed by atoms with E-state index in [0.29, 0.717) is 30.6 Å². The molecule has 0 spiro atoms. The molecule has 3 aromatic carbocycles. The van der Waals surface area contributed by atoms with Crippen LogP contribution in [0, 0.1) is 0 Å². The number of hydrogen-bond donors (Lipinski definition) is 3. The average Bonchev–Trinajstić information content (AvgIpc) is 2.80. The molecule has 4 N–H and O–H groups in total.